The van der Waals surface area contributed by atoms with Crippen molar-refractivity contribution < 1.29 is 23.8 Å². The first-order valence-corrected chi connectivity index (χ1v) is 8.01. The van der Waals surface area contributed by atoms with Crippen LogP contribution in [-0.4, -0.2) is 62.9 Å². The van der Waals surface area contributed by atoms with Gasteiger partial charge in [-0.15, -0.1) is 0 Å². The highest BCUT2D eigenvalue weighted by Crippen LogP contribution is 2.29. The molecule has 0 radical (unpaired) electrons. The lowest BCUT2D eigenvalue weighted by atomic mass is 10.2. The van der Waals surface area contributed by atoms with E-state index < -0.39 is 6.41 Å². The zero-order chi connectivity index (χ0) is 17.1. The fourth-order valence-electron chi connectivity index (χ4n) is 2.94. The third-order valence-electron chi connectivity index (χ3n) is 4.17. The van der Waals surface area contributed by atoms with Gasteiger partial charge in [-0.2, -0.15) is 0 Å². The van der Waals surface area contributed by atoms with Gasteiger partial charge < -0.3 is 29.7 Å². The molecule has 0 aromatic heterocycles. The lowest BCUT2D eigenvalue weighted by Crippen LogP contribution is -2.37. The highest BCUT2D eigenvalue weighted by atomic mass is 19.1. The molecule has 1 amide bonds. The number of aliphatic hydroxyl groups is 1. The van der Waals surface area contributed by atoms with Crippen molar-refractivity contribution in [1.82, 2.24) is 5.32 Å². The van der Waals surface area contributed by atoms with Crippen LogP contribution in [0.25, 0.3) is 0 Å². The molecule has 1 unspecified atom stereocenters. The van der Waals surface area contributed by atoms with Gasteiger partial charge in [-0.05, 0) is 18.2 Å². The average Bonchev–Trinajstić information content (AvgIpc) is 2.94. The van der Waals surface area contributed by atoms with Gasteiger partial charge in [-0.1, -0.05) is 0 Å². The second-order valence-electron chi connectivity index (χ2n) is 5.91. The van der Waals surface area contributed by atoms with Crippen molar-refractivity contribution in [1.29, 1.82) is 0 Å². The van der Waals surface area contributed by atoms with Crippen molar-refractivity contribution in [2.24, 2.45) is 0 Å². The van der Waals surface area contributed by atoms with Gasteiger partial charge in [-0.25, -0.2) is 4.39 Å². The molecule has 132 valence electrons. The second-order valence-corrected chi connectivity index (χ2v) is 5.91. The van der Waals surface area contributed by atoms with Gasteiger partial charge in [0, 0.05) is 32.2 Å². The first-order chi connectivity index (χ1) is 11.5. The Balaban J connectivity index is 1.68. The summed E-state index contributed by atoms with van der Waals surface area (Å²) < 4.78 is 25.1. The fraction of sp³-hybridized carbons (Fsp3) is 0.562. The maximum atomic E-state index is 14.5. The molecule has 2 fully saturated rings. The van der Waals surface area contributed by atoms with Gasteiger partial charge in [0.1, 0.15) is 5.82 Å². The topological polar surface area (TPSA) is 74.3 Å². The molecule has 0 bridgehead atoms. The summed E-state index contributed by atoms with van der Waals surface area (Å²) >= 11 is 0. The number of halogens is 1. The Morgan fingerprint density at radius 1 is 1.42 bits per heavy atom. The van der Waals surface area contributed by atoms with Gasteiger partial charge in [0.15, 0.2) is 0 Å². The van der Waals surface area contributed by atoms with E-state index in [-0.39, 0.29) is 17.8 Å². The number of carbonyl (C=O) groups is 1. The van der Waals surface area contributed by atoms with E-state index in [1.165, 1.54) is 13.0 Å². The highest BCUT2D eigenvalue weighted by Gasteiger charge is 2.32. The molecule has 2 N–H and O–H groups in total. The molecule has 1 aromatic rings. The molecule has 1 aromatic carbocycles. The third kappa shape index (κ3) is 3.77. The Bertz CT molecular complexity index is 595. The lowest BCUT2D eigenvalue weighted by molar-refractivity contribution is -0.121. The number of benzene rings is 1. The summed E-state index contributed by atoms with van der Waals surface area (Å²) in [5, 5.41) is 12.7. The number of hydrogen-bond donors (Lipinski definition) is 2. The molecule has 2 aliphatic rings. The third-order valence-corrected chi connectivity index (χ3v) is 4.17. The quantitative estimate of drug-likeness (QED) is 0.821. The summed E-state index contributed by atoms with van der Waals surface area (Å²) in [4.78, 5) is 14.5. The number of rotatable bonds is 4. The maximum absolute atomic E-state index is 14.5. The molecule has 3 rings (SSSR count). The van der Waals surface area contributed by atoms with E-state index in [4.69, 9.17) is 9.47 Å². The number of anilines is 2. The van der Waals surface area contributed by atoms with E-state index in [0.29, 0.717) is 50.8 Å². The number of morpholine rings is 1. The van der Waals surface area contributed by atoms with Crippen LogP contribution in [0, 0.1) is 5.82 Å². The van der Waals surface area contributed by atoms with Gasteiger partial charge in [-0.3, -0.25) is 4.79 Å². The Kier molecular flexibility index (Phi) is 5.17. The van der Waals surface area contributed by atoms with Crippen LogP contribution in [0.2, 0.25) is 0 Å². The Morgan fingerprint density at radius 3 is 2.83 bits per heavy atom. The summed E-state index contributed by atoms with van der Waals surface area (Å²) in [5.74, 6) is -0.501. The molecule has 2 atom stereocenters. The van der Waals surface area contributed by atoms with Gasteiger partial charge in [0.05, 0.1) is 31.5 Å². The molecule has 2 heterocycles. The lowest BCUT2D eigenvalue weighted by Gasteiger charge is -2.30. The van der Waals surface area contributed by atoms with Crippen molar-refractivity contribution in [2.75, 3.05) is 49.2 Å². The molecule has 2 saturated heterocycles. The highest BCUT2D eigenvalue weighted by molar-refractivity contribution is 5.72. The predicted molar refractivity (Wildman–Crippen MR) is 86.3 cm³/mol. The molecule has 7 nitrogen and oxygen atoms in total. The van der Waals surface area contributed by atoms with E-state index in [1.54, 1.807) is 17.0 Å². The van der Waals surface area contributed by atoms with Crippen molar-refractivity contribution in [3.8, 4) is 0 Å². The smallest absolute Gasteiger partial charge is 0.238 e. The number of nitrogens with zero attached hydrogens (tertiary/aromatic N) is 2. The summed E-state index contributed by atoms with van der Waals surface area (Å²) in [6, 6.07) is 4.88. The van der Waals surface area contributed by atoms with Crippen LogP contribution >= 0.6 is 0 Å². The number of amides is 1. The van der Waals surface area contributed by atoms with Gasteiger partial charge in [0.2, 0.25) is 12.3 Å². The SMILES string of the molecule is CC(=O)NC[C@H]1CN(c2ccc(N3CCOCC3)c(F)c2)C(O)O1. The Labute approximate surface area is 139 Å². The fourth-order valence-corrected chi connectivity index (χ4v) is 2.94. The summed E-state index contributed by atoms with van der Waals surface area (Å²) in [6.07, 6.45) is -1.50. The molecular weight excluding hydrogens is 317 g/mol. The van der Waals surface area contributed by atoms with E-state index >= 15 is 0 Å². The van der Waals surface area contributed by atoms with Crippen LogP contribution in [0.1, 0.15) is 6.92 Å². The van der Waals surface area contributed by atoms with Crippen LogP contribution in [0.15, 0.2) is 18.2 Å². The summed E-state index contributed by atoms with van der Waals surface area (Å²) in [7, 11) is 0. The van der Waals surface area contributed by atoms with E-state index in [0.717, 1.165) is 0 Å². The number of carbonyl (C=O) groups excluding carboxylic acids is 1. The standard InChI is InChI=1S/C16H22FN3O4/c1-11(21)18-9-13-10-20(16(22)24-13)12-2-3-15(14(17)8-12)19-4-6-23-7-5-19/h2-3,8,13,16,22H,4-7,9-10H2,1H3,(H,18,21)/t13-,16?/m0/s1. The van der Waals surface area contributed by atoms with Crippen LogP contribution in [0.5, 0.6) is 0 Å². The maximum Gasteiger partial charge on any atom is 0.238 e. The van der Waals surface area contributed by atoms with Crippen LogP contribution in [0.4, 0.5) is 15.8 Å². The first-order valence-electron chi connectivity index (χ1n) is 8.01. The number of nitrogens with one attached hydrogen (secondary N) is 1. The summed E-state index contributed by atoms with van der Waals surface area (Å²) in [6.45, 7) is 4.59. The number of aliphatic hydroxyl groups excluding tert-OH is 1. The molecule has 2 aliphatic heterocycles. The number of hydrogen-bond acceptors (Lipinski definition) is 6. The molecule has 0 saturated carbocycles. The average molecular weight is 339 g/mol. The Morgan fingerprint density at radius 2 is 2.17 bits per heavy atom. The van der Waals surface area contributed by atoms with Gasteiger partial charge >= 0.3 is 0 Å². The van der Waals surface area contributed by atoms with Crippen LogP contribution < -0.4 is 15.1 Å². The summed E-state index contributed by atoms with van der Waals surface area (Å²) in [5.41, 5.74) is 1.08. The molecule has 8 heteroatoms. The Hall–Kier alpha value is -1.90. The van der Waals surface area contributed by atoms with Crippen molar-refractivity contribution in [3.05, 3.63) is 24.0 Å². The van der Waals surface area contributed by atoms with Crippen LogP contribution in [-0.2, 0) is 14.3 Å². The van der Waals surface area contributed by atoms with Gasteiger partial charge in [0.25, 0.3) is 0 Å². The molecule has 24 heavy (non-hydrogen) atoms. The van der Waals surface area contributed by atoms with Crippen LogP contribution in [0.3, 0.4) is 0 Å². The molecule has 0 spiro atoms. The number of ether oxygens (including phenoxy) is 2. The zero-order valence-electron chi connectivity index (χ0n) is 13.6. The predicted octanol–water partition coefficient (Wildman–Crippen LogP) is 0.279. The molecular formula is C16H22FN3O4. The monoisotopic (exact) mass is 339 g/mol. The van der Waals surface area contributed by atoms with E-state index in [9.17, 15) is 14.3 Å². The second kappa shape index (κ2) is 7.33. The van der Waals surface area contributed by atoms with Crippen molar-refractivity contribution in [2.45, 2.75) is 19.4 Å². The first kappa shape index (κ1) is 16.9. The van der Waals surface area contributed by atoms with E-state index in [2.05, 4.69) is 5.32 Å². The zero-order valence-corrected chi connectivity index (χ0v) is 13.6. The minimum Gasteiger partial charge on any atom is -0.378 e. The normalized spacial score (nSPS) is 24.3. The molecule has 0 aliphatic carbocycles. The minimum absolute atomic E-state index is 0.160. The minimum atomic E-state index is -1.16. The van der Waals surface area contributed by atoms with Crippen molar-refractivity contribution in [3.63, 3.8) is 0 Å². The van der Waals surface area contributed by atoms with Crippen molar-refractivity contribution >= 4 is 17.3 Å². The van der Waals surface area contributed by atoms with E-state index in [1.807, 2.05) is 4.90 Å². The largest absolute Gasteiger partial charge is 0.378 e.